The third-order valence-corrected chi connectivity index (χ3v) is 4.50. The summed E-state index contributed by atoms with van der Waals surface area (Å²) in [4.78, 5) is 29.7. The van der Waals surface area contributed by atoms with E-state index in [0.29, 0.717) is 24.8 Å². The Morgan fingerprint density at radius 3 is 2.85 bits per heavy atom. The number of carbonyl (C=O) groups is 2. The van der Waals surface area contributed by atoms with Crippen molar-refractivity contribution in [2.75, 3.05) is 25.0 Å². The summed E-state index contributed by atoms with van der Waals surface area (Å²) in [5.74, 6) is -0.783. The van der Waals surface area contributed by atoms with Crippen molar-refractivity contribution in [3.8, 4) is 0 Å². The monoisotopic (exact) mass is 420 g/mol. The van der Waals surface area contributed by atoms with Gasteiger partial charge in [-0.25, -0.2) is 9.37 Å². The molecule has 2 aromatic rings. The topological polar surface area (TPSA) is 74.3 Å². The normalized spacial score (nSPS) is 16.2. The predicted molar refractivity (Wildman–Crippen MR) is 104 cm³/mol. The number of amides is 2. The van der Waals surface area contributed by atoms with Crippen LogP contribution >= 0.6 is 36.2 Å². The number of benzene rings is 1. The molecule has 0 bridgehead atoms. The van der Waals surface area contributed by atoms with Crippen LogP contribution in [0.1, 0.15) is 29.0 Å². The van der Waals surface area contributed by atoms with Gasteiger partial charge in [0.1, 0.15) is 11.5 Å². The fourth-order valence-corrected chi connectivity index (χ4v) is 3.42. The second kappa shape index (κ2) is 9.82. The van der Waals surface area contributed by atoms with Crippen molar-refractivity contribution in [3.63, 3.8) is 0 Å². The van der Waals surface area contributed by atoms with Crippen molar-refractivity contribution in [3.05, 3.63) is 46.7 Å². The molecule has 26 heavy (non-hydrogen) atoms. The number of piperazine rings is 1. The molecule has 1 aliphatic rings. The van der Waals surface area contributed by atoms with E-state index in [4.69, 9.17) is 0 Å². The number of anilines is 1. The van der Waals surface area contributed by atoms with Gasteiger partial charge in [0.05, 0.1) is 6.04 Å². The number of nitrogens with one attached hydrogen (secondary N) is 2. The highest BCUT2D eigenvalue weighted by atomic mass is 35.5. The lowest BCUT2D eigenvalue weighted by atomic mass is 10.0. The molecule has 1 saturated heterocycles. The molecule has 2 amide bonds. The number of hydrogen-bond donors (Lipinski definition) is 2. The zero-order valence-corrected chi connectivity index (χ0v) is 16.3. The summed E-state index contributed by atoms with van der Waals surface area (Å²) in [6.45, 7) is 3.12. The molecule has 0 spiro atoms. The Bertz CT molecular complexity index is 774. The van der Waals surface area contributed by atoms with Gasteiger partial charge in [0.15, 0.2) is 5.13 Å². The Kier molecular flexibility index (Phi) is 8.42. The Morgan fingerprint density at radius 2 is 2.15 bits per heavy atom. The van der Waals surface area contributed by atoms with Crippen molar-refractivity contribution in [2.45, 2.75) is 13.0 Å². The molecule has 0 radical (unpaired) electrons. The highest BCUT2D eigenvalue weighted by Crippen LogP contribution is 2.26. The first kappa shape index (κ1) is 22.3. The smallest absolute Gasteiger partial charge is 0.274 e. The quantitative estimate of drug-likeness (QED) is 0.800. The molecule has 1 aromatic carbocycles. The summed E-state index contributed by atoms with van der Waals surface area (Å²) >= 11 is 1.20. The average molecular weight is 421 g/mol. The molecule has 142 valence electrons. The van der Waals surface area contributed by atoms with Gasteiger partial charge in [-0.05, 0) is 17.7 Å². The van der Waals surface area contributed by atoms with Crippen molar-refractivity contribution < 1.29 is 14.0 Å². The first-order valence-corrected chi connectivity index (χ1v) is 8.43. The molecular formula is C16H19Cl2FN4O2S. The van der Waals surface area contributed by atoms with E-state index in [1.165, 1.54) is 30.4 Å². The van der Waals surface area contributed by atoms with E-state index < -0.39 is 0 Å². The maximum absolute atomic E-state index is 13.5. The standard InChI is InChI=1S/C16H17FN4O2S.2ClH/c1-10(22)19-16-20-13(9-24-16)15(23)21-6-5-18-8-14(21)11-3-2-4-12(17)7-11;;/h2-4,7,9,14,18H,5-6,8H2,1H3,(H,19,20,22);2*1H. The van der Waals surface area contributed by atoms with E-state index in [2.05, 4.69) is 15.6 Å². The van der Waals surface area contributed by atoms with Gasteiger partial charge < -0.3 is 15.5 Å². The summed E-state index contributed by atoms with van der Waals surface area (Å²) in [7, 11) is 0. The number of aromatic nitrogens is 1. The molecule has 2 N–H and O–H groups in total. The van der Waals surface area contributed by atoms with Gasteiger partial charge >= 0.3 is 0 Å². The van der Waals surface area contributed by atoms with E-state index in [-0.39, 0.29) is 54.2 Å². The van der Waals surface area contributed by atoms with Gasteiger partial charge in [-0.15, -0.1) is 36.2 Å². The van der Waals surface area contributed by atoms with Crippen LogP contribution in [0.4, 0.5) is 9.52 Å². The first-order chi connectivity index (χ1) is 11.5. The summed E-state index contributed by atoms with van der Waals surface area (Å²) in [5, 5.41) is 7.81. The molecular weight excluding hydrogens is 402 g/mol. The van der Waals surface area contributed by atoms with Gasteiger partial charge in [0.2, 0.25) is 5.91 Å². The van der Waals surface area contributed by atoms with Gasteiger partial charge in [0, 0.05) is 31.9 Å². The van der Waals surface area contributed by atoms with E-state index in [9.17, 15) is 14.0 Å². The molecule has 3 rings (SSSR count). The predicted octanol–water partition coefficient (Wildman–Crippen LogP) is 2.87. The van der Waals surface area contributed by atoms with Crippen LogP contribution in [-0.2, 0) is 4.79 Å². The lowest BCUT2D eigenvalue weighted by Gasteiger charge is -2.36. The van der Waals surface area contributed by atoms with Crippen molar-refractivity contribution in [1.29, 1.82) is 0 Å². The number of thiazole rings is 1. The Labute approximate surface area is 167 Å². The Morgan fingerprint density at radius 1 is 1.38 bits per heavy atom. The zero-order valence-electron chi connectivity index (χ0n) is 13.9. The molecule has 0 aliphatic carbocycles. The van der Waals surface area contributed by atoms with Crippen molar-refractivity contribution in [2.24, 2.45) is 0 Å². The lowest BCUT2D eigenvalue weighted by molar-refractivity contribution is -0.114. The van der Waals surface area contributed by atoms with E-state index in [1.807, 2.05) is 6.07 Å². The molecule has 1 fully saturated rings. The zero-order chi connectivity index (χ0) is 17.1. The van der Waals surface area contributed by atoms with Crippen molar-refractivity contribution >= 4 is 53.1 Å². The minimum atomic E-state index is -0.327. The van der Waals surface area contributed by atoms with E-state index in [0.717, 1.165) is 5.56 Å². The number of hydrogen-bond acceptors (Lipinski definition) is 5. The molecule has 0 saturated carbocycles. The maximum atomic E-state index is 13.5. The largest absolute Gasteiger partial charge is 0.328 e. The molecule has 1 unspecified atom stereocenters. The lowest BCUT2D eigenvalue weighted by Crippen LogP contribution is -2.48. The van der Waals surface area contributed by atoms with E-state index in [1.54, 1.807) is 16.3 Å². The van der Waals surface area contributed by atoms with Crippen LogP contribution in [0.3, 0.4) is 0 Å². The minimum absolute atomic E-state index is 0. The maximum Gasteiger partial charge on any atom is 0.274 e. The number of nitrogens with zero attached hydrogens (tertiary/aromatic N) is 2. The third-order valence-electron chi connectivity index (χ3n) is 3.74. The molecule has 1 aromatic heterocycles. The Hall–Kier alpha value is -1.74. The Balaban J connectivity index is 0.00000169. The summed E-state index contributed by atoms with van der Waals surface area (Å²) in [5.41, 5.74) is 1.03. The van der Waals surface area contributed by atoms with Crippen LogP contribution in [-0.4, -0.2) is 41.3 Å². The van der Waals surface area contributed by atoms with Gasteiger partial charge in [-0.1, -0.05) is 12.1 Å². The average Bonchev–Trinajstić information content (AvgIpc) is 3.02. The summed E-state index contributed by atoms with van der Waals surface area (Å²) in [6, 6.07) is 6.02. The van der Waals surface area contributed by atoms with Gasteiger partial charge in [0.25, 0.3) is 5.91 Å². The second-order valence-electron chi connectivity index (χ2n) is 5.49. The minimum Gasteiger partial charge on any atom is -0.328 e. The fraction of sp³-hybridized carbons (Fsp3) is 0.312. The van der Waals surface area contributed by atoms with Gasteiger partial charge in [-0.3, -0.25) is 9.59 Å². The number of halogens is 3. The van der Waals surface area contributed by atoms with E-state index >= 15 is 0 Å². The highest BCUT2D eigenvalue weighted by molar-refractivity contribution is 7.14. The summed E-state index contributed by atoms with van der Waals surface area (Å²) in [6.07, 6.45) is 0. The second-order valence-corrected chi connectivity index (χ2v) is 6.35. The van der Waals surface area contributed by atoms with Crippen LogP contribution < -0.4 is 10.6 Å². The molecule has 10 heteroatoms. The number of rotatable bonds is 3. The van der Waals surface area contributed by atoms with Crippen LogP contribution in [0.25, 0.3) is 0 Å². The molecule has 6 nitrogen and oxygen atoms in total. The summed E-state index contributed by atoms with van der Waals surface area (Å²) < 4.78 is 13.5. The third kappa shape index (κ3) is 5.14. The SMILES string of the molecule is CC(=O)Nc1nc(C(=O)N2CCNCC2c2cccc(F)c2)cs1.Cl.Cl. The van der Waals surface area contributed by atoms with Crippen LogP contribution in [0.2, 0.25) is 0 Å². The van der Waals surface area contributed by atoms with Crippen LogP contribution in [0.15, 0.2) is 29.6 Å². The molecule has 1 atom stereocenters. The number of carbonyl (C=O) groups excluding carboxylic acids is 2. The molecule has 1 aliphatic heterocycles. The molecule has 2 heterocycles. The highest BCUT2D eigenvalue weighted by Gasteiger charge is 2.30. The van der Waals surface area contributed by atoms with Crippen LogP contribution in [0.5, 0.6) is 0 Å². The van der Waals surface area contributed by atoms with Crippen molar-refractivity contribution in [1.82, 2.24) is 15.2 Å². The van der Waals surface area contributed by atoms with Gasteiger partial charge in [-0.2, -0.15) is 0 Å². The van der Waals surface area contributed by atoms with Crippen LogP contribution in [0, 0.1) is 5.82 Å². The first-order valence-electron chi connectivity index (χ1n) is 7.55. The fourth-order valence-electron chi connectivity index (χ4n) is 2.69.